The summed E-state index contributed by atoms with van der Waals surface area (Å²) in [6, 6.07) is 4.30. The van der Waals surface area contributed by atoms with Gasteiger partial charge in [-0.2, -0.15) is 0 Å². The number of anilines is 1. The quantitative estimate of drug-likeness (QED) is 0.853. The van der Waals surface area contributed by atoms with Crippen LogP contribution >= 0.6 is 11.3 Å². The van der Waals surface area contributed by atoms with Crippen molar-refractivity contribution in [2.75, 3.05) is 32.1 Å². The summed E-state index contributed by atoms with van der Waals surface area (Å²) in [6.45, 7) is 6.03. The molecule has 1 aliphatic heterocycles. The summed E-state index contributed by atoms with van der Waals surface area (Å²) < 4.78 is 1.27. The summed E-state index contributed by atoms with van der Waals surface area (Å²) in [5, 5.41) is 1.06. The molecular formula is C17H23N3OS. The fourth-order valence-electron chi connectivity index (χ4n) is 3.10. The monoisotopic (exact) mass is 317 g/mol. The van der Waals surface area contributed by atoms with Crippen molar-refractivity contribution in [2.24, 2.45) is 5.92 Å². The lowest BCUT2D eigenvalue weighted by Gasteiger charge is -2.32. The van der Waals surface area contributed by atoms with Crippen LogP contribution in [0.5, 0.6) is 0 Å². The largest absolute Gasteiger partial charge is 0.349 e. The van der Waals surface area contributed by atoms with Gasteiger partial charge in [-0.1, -0.05) is 23.5 Å². The molecule has 22 heavy (non-hydrogen) atoms. The molecule has 2 aromatic rings. The van der Waals surface area contributed by atoms with E-state index in [1.807, 2.05) is 14.1 Å². The van der Waals surface area contributed by atoms with Crippen LogP contribution in [-0.2, 0) is 4.79 Å². The maximum absolute atomic E-state index is 12.2. The fraction of sp³-hybridized carbons (Fsp3) is 0.529. The Balaban J connectivity index is 1.89. The molecule has 1 aromatic heterocycles. The van der Waals surface area contributed by atoms with Crippen molar-refractivity contribution in [1.29, 1.82) is 0 Å². The van der Waals surface area contributed by atoms with Gasteiger partial charge in [0.1, 0.15) is 0 Å². The normalized spacial score (nSPS) is 18.7. The molecule has 2 heterocycles. The fourth-order valence-corrected chi connectivity index (χ4v) is 4.25. The highest BCUT2D eigenvalue weighted by molar-refractivity contribution is 7.22. The maximum atomic E-state index is 12.2. The molecule has 1 aromatic carbocycles. The second kappa shape index (κ2) is 5.88. The summed E-state index contributed by atoms with van der Waals surface area (Å²) in [4.78, 5) is 21.1. The third-order valence-corrected chi connectivity index (χ3v) is 5.66. The van der Waals surface area contributed by atoms with Gasteiger partial charge in [0, 0.05) is 27.2 Å². The van der Waals surface area contributed by atoms with Crippen LogP contribution in [-0.4, -0.2) is 43.0 Å². The molecule has 1 fully saturated rings. The molecule has 0 N–H and O–H groups in total. The number of rotatable bonds is 2. The summed E-state index contributed by atoms with van der Waals surface area (Å²) in [5.41, 5.74) is 3.62. The molecule has 1 aliphatic rings. The molecule has 1 amide bonds. The zero-order valence-electron chi connectivity index (χ0n) is 13.7. The summed E-state index contributed by atoms with van der Waals surface area (Å²) >= 11 is 1.76. The predicted octanol–water partition coefficient (Wildman–Crippen LogP) is 3.22. The molecule has 0 spiro atoms. The van der Waals surface area contributed by atoms with Crippen molar-refractivity contribution >= 4 is 32.6 Å². The number of hydrogen-bond donors (Lipinski definition) is 0. The highest BCUT2D eigenvalue weighted by Crippen LogP contribution is 2.34. The average molecular weight is 317 g/mol. The van der Waals surface area contributed by atoms with Crippen molar-refractivity contribution in [1.82, 2.24) is 9.88 Å². The number of carbonyl (C=O) groups is 1. The Bertz CT molecular complexity index is 668. The SMILES string of the molecule is Cc1ccc(C)c2sc(N3CCCC(C(=O)N(C)C)C3)nc12. The molecule has 0 aliphatic carbocycles. The van der Waals surface area contributed by atoms with Gasteiger partial charge in [-0.05, 0) is 37.8 Å². The van der Waals surface area contributed by atoms with E-state index in [0.717, 1.165) is 36.6 Å². The standard InChI is InChI=1S/C17H23N3OS/c1-11-7-8-12(2)15-14(11)18-17(22-15)20-9-5-6-13(10-20)16(21)19(3)4/h7-8,13H,5-6,9-10H2,1-4H3. The van der Waals surface area contributed by atoms with E-state index in [2.05, 4.69) is 30.9 Å². The molecule has 5 heteroatoms. The number of thiazole rings is 1. The Morgan fingerprint density at radius 2 is 2.05 bits per heavy atom. The van der Waals surface area contributed by atoms with E-state index in [0.29, 0.717) is 0 Å². The molecule has 1 unspecified atom stereocenters. The minimum Gasteiger partial charge on any atom is -0.349 e. The number of fused-ring (bicyclic) bond motifs is 1. The summed E-state index contributed by atoms with van der Waals surface area (Å²) in [5.74, 6) is 0.330. The molecule has 1 saturated heterocycles. The molecule has 118 valence electrons. The van der Waals surface area contributed by atoms with E-state index in [1.165, 1.54) is 15.8 Å². The van der Waals surface area contributed by atoms with Crippen LogP contribution in [0.1, 0.15) is 24.0 Å². The second-order valence-corrected chi connectivity index (χ2v) is 7.37. The first-order valence-electron chi connectivity index (χ1n) is 7.80. The van der Waals surface area contributed by atoms with Crippen molar-refractivity contribution in [3.05, 3.63) is 23.3 Å². The van der Waals surface area contributed by atoms with Crippen LogP contribution in [0.25, 0.3) is 10.2 Å². The first-order chi connectivity index (χ1) is 10.5. The van der Waals surface area contributed by atoms with Crippen LogP contribution in [0.2, 0.25) is 0 Å². The number of hydrogen-bond acceptors (Lipinski definition) is 4. The number of amides is 1. The van der Waals surface area contributed by atoms with Crippen molar-refractivity contribution < 1.29 is 4.79 Å². The molecule has 0 radical (unpaired) electrons. The summed E-state index contributed by atoms with van der Waals surface area (Å²) in [7, 11) is 3.68. The third kappa shape index (κ3) is 2.70. The van der Waals surface area contributed by atoms with Crippen LogP contribution in [0.4, 0.5) is 5.13 Å². The predicted molar refractivity (Wildman–Crippen MR) is 92.7 cm³/mol. The lowest BCUT2D eigenvalue weighted by Crippen LogP contribution is -2.42. The van der Waals surface area contributed by atoms with Gasteiger partial charge in [0.15, 0.2) is 5.13 Å². The zero-order valence-corrected chi connectivity index (χ0v) is 14.5. The van der Waals surface area contributed by atoms with Crippen molar-refractivity contribution in [3.8, 4) is 0 Å². The summed E-state index contributed by atoms with van der Waals surface area (Å²) in [6.07, 6.45) is 2.04. The van der Waals surface area contributed by atoms with Gasteiger partial charge in [0.2, 0.25) is 5.91 Å². The van der Waals surface area contributed by atoms with Gasteiger partial charge in [-0.3, -0.25) is 4.79 Å². The highest BCUT2D eigenvalue weighted by atomic mass is 32.1. The van der Waals surface area contributed by atoms with Gasteiger partial charge in [0.25, 0.3) is 0 Å². The number of benzene rings is 1. The van der Waals surface area contributed by atoms with E-state index in [4.69, 9.17) is 4.98 Å². The van der Waals surface area contributed by atoms with Gasteiger partial charge < -0.3 is 9.80 Å². The smallest absolute Gasteiger partial charge is 0.226 e. The first-order valence-corrected chi connectivity index (χ1v) is 8.62. The Morgan fingerprint density at radius 1 is 1.32 bits per heavy atom. The van der Waals surface area contributed by atoms with Gasteiger partial charge >= 0.3 is 0 Å². The molecule has 1 atom stereocenters. The molecule has 4 nitrogen and oxygen atoms in total. The lowest BCUT2D eigenvalue weighted by molar-refractivity contribution is -0.133. The Labute approximate surface area is 135 Å². The number of piperidine rings is 1. The van der Waals surface area contributed by atoms with Crippen LogP contribution in [0, 0.1) is 19.8 Å². The van der Waals surface area contributed by atoms with E-state index in [9.17, 15) is 4.79 Å². The number of aromatic nitrogens is 1. The van der Waals surface area contributed by atoms with Gasteiger partial charge in [-0.15, -0.1) is 0 Å². The van der Waals surface area contributed by atoms with E-state index >= 15 is 0 Å². The number of nitrogens with zero attached hydrogens (tertiary/aromatic N) is 3. The Morgan fingerprint density at radius 3 is 2.73 bits per heavy atom. The van der Waals surface area contributed by atoms with E-state index in [-0.39, 0.29) is 11.8 Å². The molecular weight excluding hydrogens is 294 g/mol. The van der Waals surface area contributed by atoms with E-state index < -0.39 is 0 Å². The highest BCUT2D eigenvalue weighted by Gasteiger charge is 2.28. The molecule has 3 rings (SSSR count). The van der Waals surface area contributed by atoms with Crippen molar-refractivity contribution in [2.45, 2.75) is 26.7 Å². The van der Waals surface area contributed by atoms with Gasteiger partial charge in [-0.25, -0.2) is 4.98 Å². The van der Waals surface area contributed by atoms with Gasteiger partial charge in [0.05, 0.1) is 16.1 Å². The van der Waals surface area contributed by atoms with E-state index in [1.54, 1.807) is 16.2 Å². The lowest BCUT2D eigenvalue weighted by atomic mass is 9.97. The number of aryl methyl sites for hydroxylation is 2. The number of carbonyl (C=O) groups excluding carboxylic acids is 1. The zero-order chi connectivity index (χ0) is 15.9. The van der Waals surface area contributed by atoms with Crippen LogP contribution < -0.4 is 4.90 Å². The Hall–Kier alpha value is -1.62. The molecule has 0 bridgehead atoms. The first kappa shape index (κ1) is 15.3. The average Bonchev–Trinajstić information content (AvgIpc) is 2.97. The minimum atomic E-state index is 0.0953. The molecule has 0 saturated carbocycles. The maximum Gasteiger partial charge on any atom is 0.226 e. The third-order valence-electron chi connectivity index (χ3n) is 4.41. The topological polar surface area (TPSA) is 36.4 Å². The van der Waals surface area contributed by atoms with Crippen LogP contribution in [0.3, 0.4) is 0 Å². The Kier molecular flexibility index (Phi) is 4.08. The van der Waals surface area contributed by atoms with Crippen molar-refractivity contribution in [3.63, 3.8) is 0 Å². The van der Waals surface area contributed by atoms with Crippen LogP contribution in [0.15, 0.2) is 12.1 Å². The minimum absolute atomic E-state index is 0.0953. The second-order valence-electron chi connectivity index (χ2n) is 6.39.